The van der Waals surface area contributed by atoms with Gasteiger partial charge >= 0.3 is 12.2 Å². The van der Waals surface area contributed by atoms with Gasteiger partial charge in [-0.1, -0.05) is 23.7 Å². The van der Waals surface area contributed by atoms with Crippen molar-refractivity contribution in [3.63, 3.8) is 0 Å². The summed E-state index contributed by atoms with van der Waals surface area (Å²) >= 11 is 5.91. The lowest BCUT2D eigenvalue weighted by molar-refractivity contribution is -0.136. The molecule has 0 aromatic heterocycles. The molecule has 0 atom stereocenters. The second-order valence-electron chi connectivity index (χ2n) is 4.47. The average Bonchev–Trinajstić information content (AvgIpc) is 2.46. The number of nitrogens with one attached hydrogen (secondary N) is 2. The normalized spacial score (nSPS) is 11.0. The molecule has 0 unspecified atom stereocenters. The van der Waals surface area contributed by atoms with Crippen LogP contribution in [0.25, 0.3) is 0 Å². The van der Waals surface area contributed by atoms with Crippen LogP contribution in [0.1, 0.15) is 5.56 Å². The molecule has 0 heterocycles. The lowest BCUT2D eigenvalue weighted by Crippen LogP contribution is -2.21. The van der Waals surface area contributed by atoms with Gasteiger partial charge < -0.3 is 15.4 Å². The van der Waals surface area contributed by atoms with Crippen molar-refractivity contribution >= 4 is 29.0 Å². The van der Waals surface area contributed by atoms with Crippen LogP contribution in [0.4, 0.5) is 29.3 Å². The van der Waals surface area contributed by atoms with E-state index in [9.17, 15) is 18.0 Å². The first-order valence-corrected chi connectivity index (χ1v) is 6.77. The number of amides is 2. The number of benzene rings is 2. The minimum absolute atomic E-state index is 0.265. The summed E-state index contributed by atoms with van der Waals surface area (Å²) in [7, 11) is 1.44. The van der Waals surface area contributed by atoms with Crippen molar-refractivity contribution in [2.75, 3.05) is 17.7 Å². The fourth-order valence-corrected chi connectivity index (χ4v) is 2.13. The van der Waals surface area contributed by atoms with Crippen LogP contribution < -0.4 is 15.4 Å². The van der Waals surface area contributed by atoms with Crippen LogP contribution >= 0.6 is 11.6 Å². The molecular weight excluding hydrogens is 333 g/mol. The summed E-state index contributed by atoms with van der Waals surface area (Å²) in [6.07, 6.45) is -4.56. The number of halogens is 4. The summed E-state index contributed by atoms with van der Waals surface area (Å²) in [5, 5.41) is 4.84. The molecule has 4 nitrogen and oxygen atoms in total. The van der Waals surface area contributed by atoms with Gasteiger partial charge in [-0.3, -0.25) is 0 Å². The third kappa shape index (κ3) is 4.29. The number of urea groups is 1. The Kier molecular flexibility index (Phi) is 5.00. The first-order chi connectivity index (χ1) is 10.8. The lowest BCUT2D eigenvalue weighted by atomic mass is 10.1. The highest BCUT2D eigenvalue weighted by Gasteiger charge is 2.33. The van der Waals surface area contributed by atoms with Crippen molar-refractivity contribution in [2.45, 2.75) is 6.18 Å². The van der Waals surface area contributed by atoms with Crippen LogP contribution in [-0.4, -0.2) is 13.1 Å². The van der Waals surface area contributed by atoms with Crippen molar-refractivity contribution < 1.29 is 22.7 Å². The van der Waals surface area contributed by atoms with Gasteiger partial charge in [-0.05, 0) is 30.3 Å². The second kappa shape index (κ2) is 6.78. The molecule has 0 aliphatic carbocycles. The molecule has 2 aromatic rings. The zero-order valence-corrected chi connectivity index (χ0v) is 12.6. The highest BCUT2D eigenvalue weighted by molar-refractivity contribution is 6.32. The maximum absolute atomic E-state index is 12.9. The number of para-hydroxylation sites is 1. The third-order valence-electron chi connectivity index (χ3n) is 2.89. The Morgan fingerprint density at radius 2 is 1.83 bits per heavy atom. The zero-order chi connectivity index (χ0) is 17.0. The molecule has 0 bridgehead atoms. The van der Waals surface area contributed by atoms with Gasteiger partial charge in [0.05, 0.1) is 23.4 Å². The van der Waals surface area contributed by atoms with Gasteiger partial charge in [-0.25, -0.2) is 4.79 Å². The third-order valence-corrected chi connectivity index (χ3v) is 3.19. The Bertz CT molecular complexity index is 720. The molecule has 2 N–H and O–H groups in total. The van der Waals surface area contributed by atoms with E-state index in [0.29, 0.717) is 11.4 Å². The number of anilines is 2. The number of hydrogen-bond donors (Lipinski definition) is 2. The van der Waals surface area contributed by atoms with Crippen LogP contribution in [-0.2, 0) is 6.18 Å². The van der Waals surface area contributed by atoms with E-state index in [2.05, 4.69) is 10.6 Å². The van der Waals surface area contributed by atoms with Crippen molar-refractivity contribution in [1.82, 2.24) is 0 Å². The molecule has 0 saturated carbocycles. The molecule has 8 heteroatoms. The standard InChI is InChI=1S/C15H12ClF3N2O2/c1-23-13-7-6-9(8-11(13)16)20-14(22)21-12-5-3-2-4-10(12)15(17,18)19/h2-8H,1H3,(H2,20,21,22). The van der Waals surface area contributed by atoms with Crippen LogP contribution in [0.3, 0.4) is 0 Å². The molecule has 2 amide bonds. The van der Waals surface area contributed by atoms with Gasteiger partial charge in [0.1, 0.15) is 5.75 Å². The smallest absolute Gasteiger partial charge is 0.418 e. The highest BCUT2D eigenvalue weighted by atomic mass is 35.5. The predicted octanol–water partition coefficient (Wildman–Crippen LogP) is 5.01. The summed E-state index contributed by atoms with van der Waals surface area (Å²) in [5.74, 6) is 0.417. The molecule has 2 rings (SSSR count). The molecule has 0 saturated heterocycles. The molecule has 0 aliphatic rings. The Hall–Kier alpha value is -2.41. The van der Waals surface area contributed by atoms with Crippen molar-refractivity contribution in [2.24, 2.45) is 0 Å². The topological polar surface area (TPSA) is 50.4 Å². The Labute approximate surface area is 135 Å². The Morgan fingerprint density at radius 3 is 2.43 bits per heavy atom. The fraction of sp³-hybridized carbons (Fsp3) is 0.133. The minimum atomic E-state index is -4.56. The van der Waals surface area contributed by atoms with E-state index < -0.39 is 17.8 Å². The summed E-state index contributed by atoms with van der Waals surface area (Å²) in [4.78, 5) is 11.9. The van der Waals surface area contributed by atoms with Gasteiger partial charge in [0, 0.05) is 5.69 Å². The summed E-state index contributed by atoms with van der Waals surface area (Å²) in [6.45, 7) is 0. The molecule has 122 valence electrons. The van der Waals surface area contributed by atoms with Gasteiger partial charge in [-0.15, -0.1) is 0 Å². The van der Waals surface area contributed by atoms with E-state index in [1.165, 1.54) is 43.5 Å². The largest absolute Gasteiger partial charge is 0.495 e. The van der Waals surface area contributed by atoms with Crippen molar-refractivity contribution in [3.8, 4) is 5.75 Å². The first-order valence-electron chi connectivity index (χ1n) is 6.39. The number of carbonyl (C=O) groups excluding carboxylic acids is 1. The van der Waals surface area contributed by atoms with Gasteiger partial charge in [0.2, 0.25) is 0 Å². The predicted molar refractivity (Wildman–Crippen MR) is 82.1 cm³/mol. The Morgan fingerprint density at radius 1 is 1.13 bits per heavy atom. The van der Waals surface area contributed by atoms with Crippen molar-refractivity contribution in [3.05, 3.63) is 53.1 Å². The van der Waals surface area contributed by atoms with Crippen LogP contribution in [0.2, 0.25) is 5.02 Å². The molecule has 0 spiro atoms. The lowest BCUT2D eigenvalue weighted by Gasteiger charge is -2.14. The minimum Gasteiger partial charge on any atom is -0.495 e. The quantitative estimate of drug-likeness (QED) is 0.822. The van der Waals surface area contributed by atoms with Crippen LogP contribution in [0.15, 0.2) is 42.5 Å². The number of methoxy groups -OCH3 is 1. The fourth-order valence-electron chi connectivity index (χ4n) is 1.87. The van der Waals surface area contributed by atoms with Gasteiger partial charge in [-0.2, -0.15) is 13.2 Å². The first kappa shape index (κ1) is 17.0. The van der Waals surface area contributed by atoms with E-state index in [0.717, 1.165) is 6.07 Å². The van der Waals surface area contributed by atoms with E-state index in [4.69, 9.17) is 16.3 Å². The van der Waals surface area contributed by atoms with E-state index in [1.807, 2.05) is 0 Å². The van der Waals surface area contributed by atoms with E-state index >= 15 is 0 Å². The second-order valence-corrected chi connectivity index (χ2v) is 4.88. The van der Waals surface area contributed by atoms with E-state index in [1.54, 1.807) is 0 Å². The maximum Gasteiger partial charge on any atom is 0.418 e. The monoisotopic (exact) mass is 344 g/mol. The SMILES string of the molecule is COc1ccc(NC(=O)Nc2ccccc2C(F)(F)F)cc1Cl. The van der Waals surface area contributed by atoms with Gasteiger partial charge in [0.25, 0.3) is 0 Å². The molecule has 0 fully saturated rings. The summed E-state index contributed by atoms with van der Waals surface area (Å²) in [5.41, 5.74) is -0.946. The highest BCUT2D eigenvalue weighted by Crippen LogP contribution is 2.34. The van der Waals surface area contributed by atoms with Crippen LogP contribution in [0.5, 0.6) is 5.75 Å². The Balaban J connectivity index is 2.13. The molecule has 2 aromatic carbocycles. The number of ether oxygens (including phenoxy) is 1. The van der Waals surface area contributed by atoms with Crippen LogP contribution in [0, 0.1) is 0 Å². The summed E-state index contributed by atoms with van der Waals surface area (Å²) < 4.78 is 43.5. The molecule has 0 radical (unpaired) electrons. The number of rotatable bonds is 3. The summed E-state index contributed by atoms with van der Waals surface area (Å²) in [6, 6.07) is 8.35. The van der Waals surface area contributed by atoms with E-state index in [-0.39, 0.29) is 10.7 Å². The van der Waals surface area contributed by atoms with Gasteiger partial charge in [0.15, 0.2) is 0 Å². The zero-order valence-electron chi connectivity index (χ0n) is 11.9. The van der Waals surface area contributed by atoms with Crippen molar-refractivity contribution in [1.29, 1.82) is 0 Å². The molecular formula is C15H12ClF3N2O2. The molecule has 23 heavy (non-hydrogen) atoms. The number of carbonyl (C=O) groups is 1. The molecule has 0 aliphatic heterocycles. The average molecular weight is 345 g/mol. The maximum atomic E-state index is 12.9. The number of hydrogen-bond acceptors (Lipinski definition) is 2. The number of alkyl halides is 3.